The van der Waals surface area contributed by atoms with Crippen molar-refractivity contribution in [2.24, 2.45) is 7.05 Å². The van der Waals surface area contributed by atoms with Crippen molar-refractivity contribution in [3.05, 3.63) is 48.2 Å². The molecule has 2 aromatic rings. The molecule has 16 heavy (non-hydrogen) atoms. The van der Waals surface area contributed by atoms with Crippen molar-refractivity contribution < 1.29 is 4.79 Å². The third kappa shape index (κ3) is 1.72. The Balaban J connectivity index is 2.45. The first-order valence-corrected chi connectivity index (χ1v) is 5.17. The van der Waals surface area contributed by atoms with Crippen molar-refractivity contribution in [1.82, 2.24) is 9.88 Å². The lowest BCUT2D eigenvalue weighted by Gasteiger charge is -2.06. The Hall–Kier alpha value is -2.03. The topological polar surface area (TPSA) is 34.0 Å². The van der Waals surface area contributed by atoms with Crippen molar-refractivity contribution in [1.29, 1.82) is 0 Å². The zero-order valence-electron chi connectivity index (χ0n) is 9.40. The molecule has 0 spiro atoms. The van der Waals surface area contributed by atoms with Gasteiger partial charge in [0.15, 0.2) is 0 Å². The van der Waals surface area contributed by atoms with E-state index in [0.29, 0.717) is 5.69 Å². The van der Waals surface area contributed by atoms with E-state index in [-0.39, 0.29) is 5.91 Å². The highest BCUT2D eigenvalue weighted by Crippen LogP contribution is 2.20. The van der Waals surface area contributed by atoms with Gasteiger partial charge in [0.25, 0.3) is 5.91 Å². The fraction of sp³-hybridized carbons (Fsp3) is 0.154. The third-order valence-electron chi connectivity index (χ3n) is 2.65. The average Bonchev–Trinajstić information content (AvgIpc) is 2.71. The van der Waals surface area contributed by atoms with Gasteiger partial charge in [0.1, 0.15) is 5.69 Å². The summed E-state index contributed by atoms with van der Waals surface area (Å²) in [5.74, 6) is -0.0651. The summed E-state index contributed by atoms with van der Waals surface area (Å²) in [7, 11) is 3.53. The van der Waals surface area contributed by atoms with Gasteiger partial charge < -0.3 is 9.88 Å². The van der Waals surface area contributed by atoms with Crippen molar-refractivity contribution in [3.63, 3.8) is 0 Å². The molecule has 0 saturated heterocycles. The first kappa shape index (κ1) is 10.5. The minimum Gasteiger partial charge on any atom is -0.354 e. The van der Waals surface area contributed by atoms with Gasteiger partial charge in [0.2, 0.25) is 0 Å². The normalized spacial score (nSPS) is 10.1. The quantitative estimate of drug-likeness (QED) is 0.815. The molecule has 0 saturated carbocycles. The van der Waals surface area contributed by atoms with E-state index in [1.165, 1.54) is 0 Å². The lowest BCUT2D eigenvalue weighted by Crippen LogP contribution is -2.20. The second-order valence-corrected chi connectivity index (χ2v) is 3.61. The number of carbonyl (C=O) groups is 1. The predicted molar refractivity (Wildman–Crippen MR) is 64.2 cm³/mol. The summed E-state index contributed by atoms with van der Waals surface area (Å²) >= 11 is 0. The van der Waals surface area contributed by atoms with Crippen LogP contribution >= 0.6 is 0 Å². The Bertz CT molecular complexity index is 500. The van der Waals surface area contributed by atoms with Crippen LogP contribution in [0.15, 0.2) is 42.5 Å². The van der Waals surface area contributed by atoms with E-state index in [0.717, 1.165) is 11.3 Å². The minimum absolute atomic E-state index is 0.0651. The number of nitrogens with one attached hydrogen (secondary N) is 1. The van der Waals surface area contributed by atoms with Gasteiger partial charge in [-0.3, -0.25) is 4.79 Å². The zero-order chi connectivity index (χ0) is 11.5. The summed E-state index contributed by atoms with van der Waals surface area (Å²) in [5, 5.41) is 2.63. The summed E-state index contributed by atoms with van der Waals surface area (Å²) in [5.41, 5.74) is 2.82. The van der Waals surface area contributed by atoms with Crippen molar-refractivity contribution in [2.75, 3.05) is 7.05 Å². The number of hydrogen-bond acceptors (Lipinski definition) is 1. The molecule has 0 bridgehead atoms. The predicted octanol–water partition coefficient (Wildman–Crippen LogP) is 2.05. The van der Waals surface area contributed by atoms with Gasteiger partial charge in [0, 0.05) is 19.8 Å². The van der Waals surface area contributed by atoms with E-state index < -0.39 is 0 Å². The fourth-order valence-electron chi connectivity index (χ4n) is 1.77. The van der Waals surface area contributed by atoms with Crippen LogP contribution in [-0.4, -0.2) is 17.5 Å². The molecule has 0 radical (unpaired) electrons. The van der Waals surface area contributed by atoms with Crippen LogP contribution in [0.25, 0.3) is 11.3 Å². The molecule has 3 heteroatoms. The highest BCUT2D eigenvalue weighted by Gasteiger charge is 2.11. The SMILES string of the molecule is CNC(=O)c1ccc(-c2ccccc2)n1C. The molecule has 0 aliphatic heterocycles. The molecule has 3 nitrogen and oxygen atoms in total. The van der Waals surface area contributed by atoms with E-state index in [4.69, 9.17) is 0 Å². The van der Waals surface area contributed by atoms with Crippen LogP contribution < -0.4 is 5.32 Å². The molecular weight excluding hydrogens is 200 g/mol. The molecule has 0 unspecified atom stereocenters. The first-order valence-electron chi connectivity index (χ1n) is 5.17. The van der Waals surface area contributed by atoms with E-state index >= 15 is 0 Å². The Labute approximate surface area is 94.7 Å². The Kier molecular flexibility index (Phi) is 2.77. The van der Waals surface area contributed by atoms with Gasteiger partial charge in [-0.25, -0.2) is 0 Å². The van der Waals surface area contributed by atoms with E-state index in [1.807, 2.05) is 54.1 Å². The van der Waals surface area contributed by atoms with Crippen LogP contribution in [0.5, 0.6) is 0 Å². The van der Waals surface area contributed by atoms with E-state index in [9.17, 15) is 4.79 Å². The maximum atomic E-state index is 11.5. The highest BCUT2D eigenvalue weighted by atomic mass is 16.1. The maximum Gasteiger partial charge on any atom is 0.267 e. The van der Waals surface area contributed by atoms with Gasteiger partial charge in [0.05, 0.1) is 0 Å². The Morgan fingerprint density at radius 1 is 1.12 bits per heavy atom. The third-order valence-corrected chi connectivity index (χ3v) is 2.65. The first-order chi connectivity index (χ1) is 7.74. The summed E-state index contributed by atoms with van der Waals surface area (Å²) in [6.45, 7) is 0. The number of rotatable bonds is 2. The number of benzene rings is 1. The number of carbonyl (C=O) groups excluding carboxylic acids is 1. The molecule has 0 fully saturated rings. The van der Waals surface area contributed by atoms with Crippen LogP contribution in [0.1, 0.15) is 10.5 Å². The van der Waals surface area contributed by atoms with E-state index in [1.54, 1.807) is 7.05 Å². The molecule has 0 aliphatic rings. The van der Waals surface area contributed by atoms with Gasteiger partial charge in [-0.1, -0.05) is 30.3 Å². The lowest BCUT2D eigenvalue weighted by molar-refractivity contribution is 0.0955. The summed E-state index contributed by atoms with van der Waals surface area (Å²) in [6.07, 6.45) is 0. The van der Waals surface area contributed by atoms with E-state index in [2.05, 4.69) is 5.32 Å². The number of aromatic nitrogens is 1. The molecule has 0 aliphatic carbocycles. The standard InChI is InChI=1S/C13H14N2O/c1-14-13(16)12-9-8-11(15(12)2)10-6-4-3-5-7-10/h3-9H,1-2H3,(H,14,16). The number of hydrogen-bond donors (Lipinski definition) is 1. The van der Waals surface area contributed by atoms with Crippen LogP contribution in [0, 0.1) is 0 Å². The van der Waals surface area contributed by atoms with Gasteiger partial charge >= 0.3 is 0 Å². The molecule has 1 aromatic carbocycles. The van der Waals surface area contributed by atoms with Crippen molar-refractivity contribution >= 4 is 5.91 Å². The molecule has 82 valence electrons. The average molecular weight is 214 g/mol. The van der Waals surface area contributed by atoms with Crippen molar-refractivity contribution in [2.45, 2.75) is 0 Å². The summed E-state index contributed by atoms with van der Waals surface area (Å²) in [6, 6.07) is 13.8. The van der Waals surface area contributed by atoms with Crippen LogP contribution in [0.3, 0.4) is 0 Å². The molecule has 1 heterocycles. The second kappa shape index (κ2) is 4.23. The number of amides is 1. The largest absolute Gasteiger partial charge is 0.354 e. The summed E-state index contributed by atoms with van der Waals surface area (Å²) in [4.78, 5) is 11.5. The summed E-state index contributed by atoms with van der Waals surface area (Å²) < 4.78 is 1.90. The fourth-order valence-corrected chi connectivity index (χ4v) is 1.77. The smallest absolute Gasteiger partial charge is 0.267 e. The molecule has 1 amide bonds. The van der Waals surface area contributed by atoms with Gasteiger partial charge in [-0.2, -0.15) is 0 Å². The maximum absolute atomic E-state index is 11.5. The molecular formula is C13H14N2O. The van der Waals surface area contributed by atoms with Crippen LogP contribution in [0.4, 0.5) is 0 Å². The van der Waals surface area contributed by atoms with Crippen LogP contribution in [0.2, 0.25) is 0 Å². The Morgan fingerprint density at radius 2 is 1.81 bits per heavy atom. The molecule has 1 N–H and O–H groups in total. The van der Waals surface area contributed by atoms with Gasteiger partial charge in [-0.15, -0.1) is 0 Å². The molecule has 0 atom stereocenters. The molecule has 1 aromatic heterocycles. The van der Waals surface area contributed by atoms with Crippen molar-refractivity contribution in [3.8, 4) is 11.3 Å². The monoisotopic (exact) mass is 214 g/mol. The lowest BCUT2D eigenvalue weighted by atomic mass is 10.2. The number of nitrogens with zero attached hydrogens (tertiary/aromatic N) is 1. The zero-order valence-corrected chi connectivity index (χ0v) is 9.40. The Morgan fingerprint density at radius 3 is 2.44 bits per heavy atom. The van der Waals surface area contributed by atoms with Gasteiger partial charge in [-0.05, 0) is 17.7 Å². The minimum atomic E-state index is -0.0651. The second-order valence-electron chi connectivity index (χ2n) is 3.61. The van der Waals surface area contributed by atoms with Crippen LogP contribution in [-0.2, 0) is 7.05 Å². The highest BCUT2D eigenvalue weighted by molar-refractivity contribution is 5.93. The molecule has 2 rings (SSSR count).